The molecule has 0 bridgehead atoms. The van der Waals surface area contributed by atoms with E-state index in [9.17, 15) is 0 Å². The van der Waals surface area contributed by atoms with Crippen LogP contribution >= 0.6 is 63.7 Å². The lowest BCUT2D eigenvalue weighted by atomic mass is 10.0. The molecule has 0 aliphatic rings. The number of aromatic nitrogens is 4. The van der Waals surface area contributed by atoms with Crippen LogP contribution in [0, 0.1) is 0 Å². The number of hydrogen-bond donors (Lipinski definition) is 0. The Morgan fingerprint density at radius 3 is 0.658 bits per heavy atom. The van der Waals surface area contributed by atoms with Crippen molar-refractivity contribution in [3.8, 4) is 45.0 Å². The third-order valence-electron chi connectivity index (χ3n) is 5.99. The number of benzene rings is 4. The average Bonchev–Trinajstić information content (AvgIpc) is 2.93. The number of fused-ring (bicyclic) bond motifs is 1. The van der Waals surface area contributed by atoms with E-state index in [0.717, 1.165) is 62.9 Å². The van der Waals surface area contributed by atoms with Gasteiger partial charge in [0.05, 0.1) is 22.8 Å². The first-order valence-corrected chi connectivity index (χ1v) is 14.8. The van der Waals surface area contributed by atoms with Crippen molar-refractivity contribution in [2.45, 2.75) is 0 Å². The Bertz CT molecular complexity index is 1510. The SMILES string of the molecule is Brc1ccc(-c2nc3nc(-c4ccc(Br)cc4)c(-c4ccc(Br)cc4)nc3nc2-c2ccc(Br)cc2)cc1. The minimum Gasteiger partial charge on any atom is -0.223 e. The maximum Gasteiger partial charge on any atom is 0.199 e. The van der Waals surface area contributed by atoms with Crippen LogP contribution in [0.3, 0.4) is 0 Å². The van der Waals surface area contributed by atoms with E-state index in [0.29, 0.717) is 11.3 Å². The molecule has 0 atom stereocenters. The summed E-state index contributed by atoms with van der Waals surface area (Å²) in [7, 11) is 0. The second-order valence-corrected chi connectivity index (χ2v) is 12.2. The van der Waals surface area contributed by atoms with Gasteiger partial charge in [0, 0.05) is 40.1 Å². The lowest BCUT2D eigenvalue weighted by molar-refractivity contribution is 1.17. The predicted molar refractivity (Wildman–Crippen MR) is 168 cm³/mol. The van der Waals surface area contributed by atoms with Gasteiger partial charge in [0.25, 0.3) is 0 Å². The zero-order valence-electron chi connectivity index (χ0n) is 19.5. The molecule has 4 aromatic carbocycles. The zero-order chi connectivity index (χ0) is 26.2. The smallest absolute Gasteiger partial charge is 0.199 e. The van der Waals surface area contributed by atoms with Crippen molar-refractivity contribution in [2.24, 2.45) is 0 Å². The third-order valence-corrected chi connectivity index (χ3v) is 8.10. The standard InChI is InChI=1S/C30H16Br4N4/c31-21-9-1-17(2-10-21)25-26(18-3-11-22(32)12-4-18)36-30-29(35-25)37-27(19-5-13-23(33)14-6-19)28(38-30)20-7-15-24(34)16-8-20/h1-16H. The number of halogens is 4. The van der Waals surface area contributed by atoms with Crippen LogP contribution < -0.4 is 0 Å². The van der Waals surface area contributed by atoms with Gasteiger partial charge in [0.2, 0.25) is 0 Å². The fourth-order valence-electron chi connectivity index (χ4n) is 4.12. The van der Waals surface area contributed by atoms with Crippen LogP contribution in [0.1, 0.15) is 0 Å². The summed E-state index contributed by atoms with van der Waals surface area (Å²) in [6.45, 7) is 0. The van der Waals surface area contributed by atoms with E-state index in [-0.39, 0.29) is 0 Å². The molecule has 0 aliphatic carbocycles. The van der Waals surface area contributed by atoms with Gasteiger partial charge < -0.3 is 0 Å². The van der Waals surface area contributed by atoms with Crippen molar-refractivity contribution in [3.05, 3.63) is 115 Å². The van der Waals surface area contributed by atoms with Crippen LogP contribution in [0.25, 0.3) is 56.3 Å². The molecule has 0 amide bonds. The Morgan fingerprint density at radius 1 is 0.289 bits per heavy atom. The number of nitrogens with zero attached hydrogens (tertiary/aromatic N) is 4. The van der Waals surface area contributed by atoms with Crippen LogP contribution in [0.2, 0.25) is 0 Å². The van der Waals surface area contributed by atoms with Gasteiger partial charge in [0.15, 0.2) is 11.3 Å². The highest BCUT2D eigenvalue weighted by Crippen LogP contribution is 2.35. The van der Waals surface area contributed by atoms with E-state index < -0.39 is 0 Å². The lowest BCUT2D eigenvalue weighted by Gasteiger charge is -2.14. The van der Waals surface area contributed by atoms with Crippen LogP contribution in [-0.2, 0) is 0 Å². The summed E-state index contributed by atoms with van der Waals surface area (Å²) < 4.78 is 3.99. The molecule has 2 aromatic heterocycles. The molecule has 4 nitrogen and oxygen atoms in total. The Hall–Kier alpha value is -2.78. The summed E-state index contributed by atoms with van der Waals surface area (Å²) in [5, 5.41) is 0. The Kier molecular flexibility index (Phi) is 7.22. The Balaban J connectivity index is 1.65. The molecule has 6 aromatic rings. The second kappa shape index (κ2) is 10.8. The van der Waals surface area contributed by atoms with Gasteiger partial charge in [0.1, 0.15) is 0 Å². The van der Waals surface area contributed by atoms with Crippen LogP contribution in [-0.4, -0.2) is 19.9 Å². The van der Waals surface area contributed by atoms with Crippen molar-refractivity contribution in [1.82, 2.24) is 19.9 Å². The van der Waals surface area contributed by atoms with Crippen LogP contribution in [0.5, 0.6) is 0 Å². The number of rotatable bonds is 4. The molecule has 184 valence electrons. The van der Waals surface area contributed by atoms with Gasteiger partial charge in [-0.15, -0.1) is 0 Å². The average molecular weight is 752 g/mol. The molecule has 38 heavy (non-hydrogen) atoms. The van der Waals surface area contributed by atoms with Crippen molar-refractivity contribution < 1.29 is 0 Å². The van der Waals surface area contributed by atoms with Crippen LogP contribution in [0.4, 0.5) is 0 Å². The summed E-state index contributed by atoms with van der Waals surface area (Å²) in [5.41, 5.74) is 7.77. The van der Waals surface area contributed by atoms with Gasteiger partial charge in [-0.05, 0) is 48.5 Å². The van der Waals surface area contributed by atoms with E-state index in [1.807, 2.05) is 97.1 Å². The molecule has 6 rings (SSSR count). The summed E-state index contributed by atoms with van der Waals surface area (Å²) >= 11 is 14.1. The van der Waals surface area contributed by atoms with Crippen LogP contribution in [0.15, 0.2) is 115 Å². The summed E-state index contributed by atoms with van der Waals surface area (Å²) in [5.74, 6) is 0. The van der Waals surface area contributed by atoms with Crippen molar-refractivity contribution in [2.75, 3.05) is 0 Å². The van der Waals surface area contributed by atoms with Gasteiger partial charge in [-0.25, -0.2) is 19.9 Å². The van der Waals surface area contributed by atoms with E-state index in [2.05, 4.69) is 63.7 Å². The van der Waals surface area contributed by atoms with Gasteiger partial charge in [-0.2, -0.15) is 0 Å². The normalized spacial score (nSPS) is 11.2. The first kappa shape index (κ1) is 25.5. The highest BCUT2D eigenvalue weighted by molar-refractivity contribution is 9.11. The summed E-state index contributed by atoms with van der Waals surface area (Å²) in [6, 6.07) is 32.3. The van der Waals surface area contributed by atoms with Gasteiger partial charge >= 0.3 is 0 Å². The lowest BCUT2D eigenvalue weighted by Crippen LogP contribution is -2.02. The molecular formula is C30H16Br4N4. The monoisotopic (exact) mass is 748 g/mol. The fraction of sp³-hybridized carbons (Fsp3) is 0. The highest BCUT2D eigenvalue weighted by atomic mass is 79.9. The predicted octanol–water partition coefficient (Wildman–Crippen LogP) is 10.1. The minimum absolute atomic E-state index is 0.488. The molecule has 0 N–H and O–H groups in total. The maximum absolute atomic E-state index is 5.05. The molecule has 2 heterocycles. The summed E-state index contributed by atoms with van der Waals surface area (Å²) in [6.07, 6.45) is 0. The van der Waals surface area contributed by atoms with Gasteiger partial charge in [-0.1, -0.05) is 112 Å². The molecular weight excluding hydrogens is 736 g/mol. The van der Waals surface area contributed by atoms with Crippen molar-refractivity contribution in [3.63, 3.8) is 0 Å². The highest BCUT2D eigenvalue weighted by Gasteiger charge is 2.19. The quantitative estimate of drug-likeness (QED) is 0.180. The van der Waals surface area contributed by atoms with E-state index >= 15 is 0 Å². The second-order valence-electron chi connectivity index (χ2n) is 8.52. The van der Waals surface area contributed by atoms with E-state index in [4.69, 9.17) is 19.9 Å². The molecule has 0 unspecified atom stereocenters. The van der Waals surface area contributed by atoms with Crippen molar-refractivity contribution in [1.29, 1.82) is 0 Å². The third kappa shape index (κ3) is 5.23. The Labute approximate surface area is 253 Å². The first-order chi connectivity index (χ1) is 18.4. The molecule has 0 saturated carbocycles. The zero-order valence-corrected chi connectivity index (χ0v) is 25.9. The molecule has 0 fully saturated rings. The summed E-state index contributed by atoms with van der Waals surface area (Å²) in [4.78, 5) is 20.2. The van der Waals surface area contributed by atoms with Gasteiger partial charge in [-0.3, -0.25) is 0 Å². The fourth-order valence-corrected chi connectivity index (χ4v) is 5.18. The molecule has 0 spiro atoms. The first-order valence-electron chi connectivity index (χ1n) is 11.6. The molecule has 0 saturated heterocycles. The number of hydrogen-bond acceptors (Lipinski definition) is 4. The molecule has 8 heteroatoms. The topological polar surface area (TPSA) is 51.6 Å². The molecule has 0 aliphatic heterocycles. The maximum atomic E-state index is 5.05. The van der Waals surface area contributed by atoms with E-state index in [1.54, 1.807) is 0 Å². The van der Waals surface area contributed by atoms with Crippen molar-refractivity contribution >= 4 is 75.0 Å². The molecule has 0 radical (unpaired) electrons. The van der Waals surface area contributed by atoms with E-state index in [1.165, 1.54) is 0 Å². The minimum atomic E-state index is 0.488. The Morgan fingerprint density at radius 2 is 0.474 bits per heavy atom. The largest absolute Gasteiger partial charge is 0.223 e.